The van der Waals surface area contributed by atoms with E-state index in [4.69, 9.17) is 0 Å². The van der Waals surface area contributed by atoms with Crippen molar-refractivity contribution in [2.24, 2.45) is 0 Å². The number of aromatic nitrogens is 2. The molecular weight excluding hydrogens is 392 g/mol. The molecule has 0 amide bonds. The monoisotopic (exact) mass is 416 g/mol. The fourth-order valence-corrected chi connectivity index (χ4v) is 4.59. The maximum atomic E-state index is 13.2. The summed E-state index contributed by atoms with van der Waals surface area (Å²) in [5.74, 6) is 0.308. The van der Waals surface area contributed by atoms with Crippen molar-refractivity contribution in [1.29, 1.82) is 0 Å². The van der Waals surface area contributed by atoms with Gasteiger partial charge in [0, 0.05) is 16.5 Å². The van der Waals surface area contributed by atoms with E-state index >= 15 is 0 Å². The Morgan fingerprint density at radius 3 is 2.47 bits per heavy atom. The third kappa shape index (κ3) is 3.73. The van der Waals surface area contributed by atoms with Crippen molar-refractivity contribution >= 4 is 27.3 Å². The highest BCUT2D eigenvalue weighted by Crippen LogP contribution is 2.33. The van der Waals surface area contributed by atoms with Gasteiger partial charge in [0.15, 0.2) is 5.78 Å². The molecule has 2 heterocycles. The molecule has 0 atom stereocenters. The molecule has 0 unspecified atom stereocenters. The van der Waals surface area contributed by atoms with E-state index in [1.165, 1.54) is 33.4 Å². The summed E-state index contributed by atoms with van der Waals surface area (Å²) in [6.45, 7) is 8.31. The first-order valence-corrected chi connectivity index (χ1v) is 10.9. The molecule has 2 aromatic carbocycles. The Morgan fingerprint density at radius 2 is 1.80 bits per heavy atom. The average molecular weight is 417 g/mol. The number of benzene rings is 2. The number of fused-ring (bicyclic) bond motifs is 1. The summed E-state index contributed by atoms with van der Waals surface area (Å²) in [5.41, 5.74) is 5.82. The first-order valence-electron chi connectivity index (χ1n) is 10.0. The standard InChI is InChI=1S/C25H24N2O2S/c1-15(2)18-6-8-19(9-7-18)22(28)12-27-14-26-24-23(25(27)29)21(13-30-24)20-10-5-16(3)11-17(20)4/h5-11,13-15H,12H2,1-4H3. The van der Waals surface area contributed by atoms with E-state index in [-0.39, 0.29) is 17.9 Å². The van der Waals surface area contributed by atoms with Crippen molar-refractivity contribution < 1.29 is 4.79 Å². The molecule has 152 valence electrons. The van der Waals surface area contributed by atoms with Crippen LogP contribution >= 0.6 is 11.3 Å². The summed E-state index contributed by atoms with van der Waals surface area (Å²) in [6, 6.07) is 13.8. The van der Waals surface area contributed by atoms with Gasteiger partial charge < -0.3 is 0 Å². The van der Waals surface area contributed by atoms with Crippen molar-refractivity contribution in [3.05, 3.63) is 86.8 Å². The van der Waals surface area contributed by atoms with Crippen LogP contribution in [0.4, 0.5) is 0 Å². The van der Waals surface area contributed by atoms with Gasteiger partial charge in [0.25, 0.3) is 5.56 Å². The zero-order valence-corrected chi connectivity index (χ0v) is 18.4. The molecule has 0 N–H and O–H groups in total. The molecule has 0 aliphatic heterocycles. The minimum absolute atomic E-state index is 0.0229. The topological polar surface area (TPSA) is 52.0 Å². The van der Waals surface area contributed by atoms with E-state index in [2.05, 4.69) is 31.8 Å². The van der Waals surface area contributed by atoms with Gasteiger partial charge in [-0.2, -0.15) is 0 Å². The van der Waals surface area contributed by atoms with Crippen LogP contribution in [0.5, 0.6) is 0 Å². The lowest BCUT2D eigenvalue weighted by atomic mass is 9.99. The lowest BCUT2D eigenvalue weighted by Gasteiger charge is -2.09. The lowest BCUT2D eigenvalue weighted by molar-refractivity contribution is 0.0970. The number of rotatable bonds is 5. The second-order valence-corrected chi connectivity index (χ2v) is 8.88. The Morgan fingerprint density at radius 1 is 1.07 bits per heavy atom. The van der Waals surface area contributed by atoms with Gasteiger partial charge >= 0.3 is 0 Å². The molecule has 5 heteroatoms. The molecule has 0 saturated carbocycles. The Balaban J connectivity index is 1.71. The molecule has 0 fully saturated rings. The van der Waals surface area contributed by atoms with Gasteiger partial charge in [-0.05, 0) is 36.5 Å². The molecule has 4 rings (SSSR count). The molecule has 0 saturated heterocycles. The zero-order chi connectivity index (χ0) is 21.4. The van der Waals surface area contributed by atoms with Crippen LogP contribution in [0.15, 0.2) is 59.0 Å². The summed E-state index contributed by atoms with van der Waals surface area (Å²) < 4.78 is 1.42. The van der Waals surface area contributed by atoms with Gasteiger partial charge in [0.1, 0.15) is 4.83 Å². The number of thiophene rings is 1. The van der Waals surface area contributed by atoms with Crippen molar-refractivity contribution in [3.8, 4) is 11.1 Å². The van der Waals surface area contributed by atoms with Crippen LogP contribution in [0, 0.1) is 13.8 Å². The van der Waals surface area contributed by atoms with Crippen LogP contribution in [0.2, 0.25) is 0 Å². The van der Waals surface area contributed by atoms with Crippen LogP contribution < -0.4 is 5.56 Å². The summed E-state index contributed by atoms with van der Waals surface area (Å²) in [4.78, 5) is 31.2. The Kier molecular flexibility index (Phi) is 5.39. The van der Waals surface area contributed by atoms with Gasteiger partial charge in [-0.1, -0.05) is 61.9 Å². The number of carbonyl (C=O) groups excluding carboxylic acids is 1. The van der Waals surface area contributed by atoms with Crippen molar-refractivity contribution in [1.82, 2.24) is 9.55 Å². The zero-order valence-electron chi connectivity index (χ0n) is 17.6. The second-order valence-electron chi connectivity index (χ2n) is 8.03. The molecule has 0 bridgehead atoms. The van der Waals surface area contributed by atoms with Gasteiger partial charge in [-0.15, -0.1) is 11.3 Å². The van der Waals surface area contributed by atoms with Gasteiger partial charge in [-0.3, -0.25) is 14.2 Å². The largest absolute Gasteiger partial charge is 0.292 e. The minimum Gasteiger partial charge on any atom is -0.292 e. The van der Waals surface area contributed by atoms with Crippen LogP contribution in [-0.2, 0) is 6.54 Å². The van der Waals surface area contributed by atoms with Gasteiger partial charge in [0.2, 0.25) is 0 Å². The van der Waals surface area contributed by atoms with Crippen molar-refractivity contribution in [2.75, 3.05) is 0 Å². The predicted octanol–water partition coefficient (Wildman–Crippen LogP) is 5.75. The van der Waals surface area contributed by atoms with Gasteiger partial charge in [0.05, 0.1) is 18.3 Å². The molecule has 0 aliphatic rings. The van der Waals surface area contributed by atoms with E-state index in [1.807, 2.05) is 48.7 Å². The quantitative estimate of drug-likeness (QED) is 0.389. The molecule has 4 nitrogen and oxygen atoms in total. The lowest BCUT2D eigenvalue weighted by Crippen LogP contribution is -2.24. The SMILES string of the molecule is Cc1ccc(-c2csc3ncn(CC(=O)c4ccc(C(C)C)cc4)c(=O)c23)c(C)c1. The summed E-state index contributed by atoms with van der Waals surface area (Å²) >= 11 is 1.45. The highest BCUT2D eigenvalue weighted by Gasteiger charge is 2.16. The molecule has 4 aromatic rings. The number of nitrogens with zero attached hydrogens (tertiary/aromatic N) is 2. The summed E-state index contributed by atoms with van der Waals surface area (Å²) in [6.07, 6.45) is 1.48. The molecule has 0 spiro atoms. The first kappa shape index (κ1) is 20.2. The third-order valence-corrected chi connectivity index (χ3v) is 6.33. The highest BCUT2D eigenvalue weighted by molar-refractivity contribution is 7.17. The third-order valence-electron chi connectivity index (χ3n) is 5.45. The number of ketones is 1. The Labute approximate surface area is 179 Å². The molecule has 2 aromatic heterocycles. The van der Waals surface area contributed by atoms with Crippen molar-refractivity contribution in [3.63, 3.8) is 0 Å². The number of Topliss-reactive ketones (excluding diaryl/α,β-unsaturated/α-hetero) is 1. The molecule has 30 heavy (non-hydrogen) atoms. The number of hydrogen-bond donors (Lipinski definition) is 0. The number of carbonyl (C=O) groups is 1. The summed E-state index contributed by atoms with van der Waals surface area (Å²) in [5, 5.41) is 2.56. The normalized spacial score (nSPS) is 11.4. The van der Waals surface area contributed by atoms with E-state index in [0.29, 0.717) is 21.7 Å². The number of aryl methyl sites for hydroxylation is 2. The van der Waals surface area contributed by atoms with Crippen molar-refractivity contribution in [2.45, 2.75) is 40.2 Å². The maximum Gasteiger partial charge on any atom is 0.263 e. The van der Waals surface area contributed by atoms with Crippen LogP contribution in [-0.4, -0.2) is 15.3 Å². The minimum atomic E-state index is -0.177. The predicted molar refractivity (Wildman–Crippen MR) is 124 cm³/mol. The van der Waals surface area contributed by atoms with E-state index in [0.717, 1.165) is 16.7 Å². The van der Waals surface area contributed by atoms with E-state index in [1.54, 1.807) is 0 Å². The first-order chi connectivity index (χ1) is 14.3. The van der Waals surface area contributed by atoms with Crippen LogP contribution in [0.1, 0.15) is 46.8 Å². The Bertz CT molecular complexity index is 1300. The molecule has 0 aliphatic carbocycles. The van der Waals surface area contributed by atoms with E-state index < -0.39 is 0 Å². The second kappa shape index (κ2) is 8.00. The molecular formula is C25H24N2O2S. The van der Waals surface area contributed by atoms with E-state index in [9.17, 15) is 9.59 Å². The number of hydrogen-bond acceptors (Lipinski definition) is 4. The maximum absolute atomic E-state index is 13.2. The van der Waals surface area contributed by atoms with Crippen LogP contribution in [0.25, 0.3) is 21.3 Å². The highest BCUT2D eigenvalue weighted by atomic mass is 32.1. The fourth-order valence-electron chi connectivity index (χ4n) is 3.69. The van der Waals surface area contributed by atoms with Crippen LogP contribution in [0.3, 0.4) is 0 Å². The smallest absolute Gasteiger partial charge is 0.263 e. The van der Waals surface area contributed by atoms with Gasteiger partial charge in [-0.25, -0.2) is 4.98 Å². The average Bonchev–Trinajstić information content (AvgIpc) is 3.14. The Hall–Kier alpha value is -3.05. The fraction of sp³-hybridized carbons (Fsp3) is 0.240. The molecule has 0 radical (unpaired) electrons. The summed E-state index contributed by atoms with van der Waals surface area (Å²) in [7, 11) is 0.